The second kappa shape index (κ2) is 24.1. The molecule has 0 rings (SSSR count). The summed E-state index contributed by atoms with van der Waals surface area (Å²) in [6.45, 7) is 1.09. The van der Waals surface area contributed by atoms with Crippen LogP contribution in [0.15, 0.2) is 0 Å². The fourth-order valence-electron chi connectivity index (χ4n) is 0.906. The number of hydrogen-bond acceptors (Lipinski definition) is 12. The van der Waals surface area contributed by atoms with Gasteiger partial charge in [0.1, 0.15) is 13.2 Å². The van der Waals surface area contributed by atoms with E-state index in [0.29, 0.717) is 6.54 Å². The topological polar surface area (TPSA) is 213 Å². The summed E-state index contributed by atoms with van der Waals surface area (Å²) in [6.07, 6.45) is 0.764. The van der Waals surface area contributed by atoms with Crippen LogP contribution in [0.4, 0.5) is 0 Å². The molecule has 0 aromatic rings. The van der Waals surface area contributed by atoms with Gasteiger partial charge in [0.2, 0.25) is 0 Å². The predicted octanol–water partition coefficient (Wildman–Crippen LogP) is -1.65. The van der Waals surface area contributed by atoms with Crippen molar-refractivity contribution in [2.75, 3.05) is 47.3 Å². The highest BCUT2D eigenvalue weighted by molar-refractivity contribution is 7.47. The molecule has 3 unspecified atom stereocenters. The number of hydrogen-bond donors (Lipinski definition) is 2. The van der Waals surface area contributed by atoms with Crippen LogP contribution in [0, 0.1) is 5.92 Å². The van der Waals surface area contributed by atoms with Crippen LogP contribution in [0.25, 0.3) is 0 Å². The lowest BCUT2D eigenvalue weighted by atomic mass is 10.2. The molecule has 16 heteroatoms. The van der Waals surface area contributed by atoms with Gasteiger partial charge >= 0.3 is 24.3 Å². The van der Waals surface area contributed by atoms with E-state index in [4.69, 9.17) is 4.89 Å². The third kappa shape index (κ3) is 34.0. The molecular weight excluding hydrogens is 431 g/mol. The lowest BCUT2D eigenvalue weighted by Gasteiger charge is -2.09. The van der Waals surface area contributed by atoms with E-state index in [2.05, 4.69) is 23.4 Å². The van der Waals surface area contributed by atoms with Crippen LogP contribution in [0.2, 0.25) is 0 Å². The van der Waals surface area contributed by atoms with Gasteiger partial charge in [0, 0.05) is 19.6 Å². The first kappa shape index (κ1) is 34.5. The maximum absolute atomic E-state index is 10.1. The van der Waals surface area contributed by atoms with E-state index in [-0.39, 0.29) is 33.2 Å². The van der Waals surface area contributed by atoms with Gasteiger partial charge in [-0.05, 0) is 23.0 Å². The summed E-state index contributed by atoms with van der Waals surface area (Å²) < 4.78 is 46.5. The molecule has 0 saturated heterocycles. The summed E-state index contributed by atoms with van der Waals surface area (Å²) >= 11 is 0. The van der Waals surface area contributed by atoms with Crippen molar-refractivity contribution < 1.29 is 56.7 Å². The lowest BCUT2D eigenvalue weighted by molar-refractivity contribution is -0.415. The second-order valence-corrected chi connectivity index (χ2v) is 7.04. The molecule has 166 valence electrons. The van der Waals surface area contributed by atoms with Crippen LogP contribution in [0.3, 0.4) is 0 Å². The minimum Gasteiger partial charge on any atom is -0.854 e. The van der Waals surface area contributed by atoms with E-state index in [1.807, 2.05) is 6.92 Å². The quantitative estimate of drug-likeness (QED) is 0.248. The molecule has 0 amide bonds. The van der Waals surface area contributed by atoms with E-state index in [1.165, 1.54) is 0 Å². The van der Waals surface area contributed by atoms with Crippen LogP contribution in [0.1, 0.15) is 20.8 Å². The summed E-state index contributed by atoms with van der Waals surface area (Å²) in [5.41, 5.74) is 0. The zero-order valence-electron chi connectivity index (χ0n) is 14.6. The molecule has 0 heterocycles. The van der Waals surface area contributed by atoms with Gasteiger partial charge in [0.25, 0.3) is 0 Å². The third-order valence-electron chi connectivity index (χ3n) is 1.97. The maximum atomic E-state index is 10.1. The Bertz CT molecular complexity index is 381. The average molecular weight is 459 g/mol. The fraction of sp³-hybridized carbons (Fsp3) is 1.00. The van der Waals surface area contributed by atoms with Crippen LogP contribution >= 0.6 is 24.3 Å². The Labute approximate surface area is 161 Å². The molecule has 27 heavy (non-hydrogen) atoms. The number of phosphoric acid groups is 1. The van der Waals surface area contributed by atoms with Crippen LogP contribution in [0.5, 0.6) is 0 Å². The van der Waals surface area contributed by atoms with Crippen molar-refractivity contribution in [2.45, 2.75) is 20.8 Å². The van der Waals surface area contributed by atoms with Crippen LogP contribution in [-0.4, -0.2) is 52.2 Å². The Kier molecular flexibility index (Phi) is 30.8. The van der Waals surface area contributed by atoms with Crippen LogP contribution < -0.4 is 25.3 Å². The van der Waals surface area contributed by atoms with Crippen LogP contribution in [-0.2, 0) is 31.8 Å². The van der Waals surface area contributed by atoms with Crippen molar-refractivity contribution >= 4 is 24.3 Å². The normalized spacial score (nSPS) is 14.2. The monoisotopic (exact) mass is 459 g/mol. The zero-order valence-corrected chi connectivity index (χ0v) is 17.3. The predicted molar refractivity (Wildman–Crippen MR) is 89.2 cm³/mol. The molecule has 0 aliphatic heterocycles. The molecule has 0 aromatic carbocycles. The molecule has 0 spiro atoms. The van der Waals surface area contributed by atoms with E-state index in [9.17, 15) is 33.7 Å². The van der Waals surface area contributed by atoms with Gasteiger partial charge in [0.15, 0.2) is 0 Å². The Morgan fingerprint density at radius 3 is 1.74 bits per heavy atom. The highest BCUT2D eigenvalue weighted by atomic mass is 31.2. The van der Waals surface area contributed by atoms with Gasteiger partial charge in [0.05, 0.1) is 0 Å². The molecule has 3 atom stereocenters. The van der Waals surface area contributed by atoms with E-state index < -0.39 is 31.1 Å². The van der Waals surface area contributed by atoms with Crippen molar-refractivity contribution in [1.29, 1.82) is 0 Å². The fourth-order valence-corrected chi connectivity index (χ4v) is 1.81. The van der Waals surface area contributed by atoms with Gasteiger partial charge in [-0.15, -0.1) is 15.7 Å². The lowest BCUT2D eigenvalue weighted by Crippen LogP contribution is -2.26. The molecule has 0 aliphatic carbocycles. The Morgan fingerprint density at radius 1 is 1.15 bits per heavy atom. The smallest absolute Gasteiger partial charge is 0.488 e. The highest BCUT2D eigenvalue weighted by Gasteiger charge is 2.16. The molecular formula is C11H28NO12P3-2. The Hall–Kier alpha value is 0.0300. The SMILES string of the molecule is C.CCC[O-].CNCC(CO[P+](=O)[O-])CO[P+](=O)[O-].COP(=O)(O)OC[O-]. The number of rotatable bonds is 12. The standard InChI is InChI=1S/C5H11NO6P2.C3H7O.C2H6O5P.CH4/c1-6-2-5(3-11-13(7)8)4-12-14(9)10;1-2-3-4;1-6-8(4,5)7-2-3;/h5-6H,2-4H2,1H3;2-3H2,1H3;2H2,1H3,(H,4,5);1H4/q;2*-1;. The molecule has 0 saturated carbocycles. The van der Waals surface area contributed by atoms with Gasteiger partial charge < -0.3 is 34.7 Å². The summed E-state index contributed by atoms with van der Waals surface area (Å²) in [4.78, 5) is 28.4. The molecule has 0 bridgehead atoms. The van der Waals surface area contributed by atoms with Gasteiger partial charge in [-0.3, -0.25) is 4.52 Å². The van der Waals surface area contributed by atoms with Crippen molar-refractivity contribution in [3.8, 4) is 0 Å². The van der Waals surface area contributed by atoms with E-state index in [1.54, 1.807) is 7.05 Å². The largest absolute Gasteiger partial charge is 0.854 e. The van der Waals surface area contributed by atoms with Gasteiger partial charge in [-0.1, -0.05) is 20.8 Å². The molecule has 13 nitrogen and oxygen atoms in total. The molecule has 2 N–H and O–H groups in total. The molecule has 0 fully saturated rings. The summed E-state index contributed by atoms with van der Waals surface area (Å²) in [6, 6.07) is 0. The van der Waals surface area contributed by atoms with Crippen molar-refractivity contribution in [2.24, 2.45) is 5.92 Å². The van der Waals surface area contributed by atoms with Crippen molar-refractivity contribution in [1.82, 2.24) is 5.32 Å². The Morgan fingerprint density at radius 2 is 1.56 bits per heavy atom. The second-order valence-electron chi connectivity index (χ2n) is 4.06. The highest BCUT2D eigenvalue weighted by Crippen LogP contribution is 2.40. The summed E-state index contributed by atoms with van der Waals surface area (Å²) in [5.74, 6) is -0.319. The summed E-state index contributed by atoms with van der Waals surface area (Å²) in [5, 5.41) is 21.5. The average Bonchev–Trinajstić information content (AvgIpc) is 2.58. The number of nitrogens with one attached hydrogen (secondary N) is 1. The summed E-state index contributed by atoms with van der Waals surface area (Å²) in [7, 11) is -7.16. The molecule has 0 aromatic heterocycles. The first-order chi connectivity index (χ1) is 12.1. The first-order valence-electron chi connectivity index (χ1n) is 6.98. The van der Waals surface area contributed by atoms with E-state index >= 15 is 0 Å². The van der Waals surface area contributed by atoms with E-state index in [0.717, 1.165) is 13.5 Å². The minimum absolute atomic E-state index is 0. The zero-order chi connectivity index (χ0) is 21.0. The molecule has 0 radical (unpaired) electrons. The van der Waals surface area contributed by atoms with Gasteiger partial charge in [-0.2, -0.15) is 0 Å². The molecule has 0 aliphatic rings. The van der Waals surface area contributed by atoms with Gasteiger partial charge in [-0.25, -0.2) is 4.57 Å². The number of phosphoric ester groups is 1. The van der Waals surface area contributed by atoms with Crippen molar-refractivity contribution in [3.63, 3.8) is 0 Å². The Balaban J connectivity index is -0.000000172. The first-order valence-corrected chi connectivity index (χ1v) is 10.7. The van der Waals surface area contributed by atoms with Crippen molar-refractivity contribution in [3.05, 3.63) is 0 Å². The maximum Gasteiger partial charge on any atom is 0.488 e. The minimum atomic E-state index is -3.99. The third-order valence-corrected chi connectivity index (χ3v) is 3.59.